The monoisotopic (exact) mass is 310 g/mol. The quantitative estimate of drug-likeness (QED) is 0.942. The van der Waals surface area contributed by atoms with Crippen molar-refractivity contribution in [3.8, 4) is 11.6 Å². The van der Waals surface area contributed by atoms with E-state index in [0.29, 0.717) is 29.1 Å². The van der Waals surface area contributed by atoms with Gasteiger partial charge in [-0.25, -0.2) is 9.37 Å². The Morgan fingerprint density at radius 2 is 2.17 bits per heavy atom. The molecular weight excluding hydrogens is 299 g/mol. The van der Waals surface area contributed by atoms with Crippen molar-refractivity contribution in [2.45, 2.75) is 6.42 Å². The topological polar surface area (TPSA) is 48.1 Å². The van der Waals surface area contributed by atoms with Crippen LogP contribution >= 0.6 is 15.9 Å². The lowest BCUT2D eigenvalue weighted by Gasteiger charge is -2.10. The molecule has 1 aromatic heterocycles. The number of hydrogen-bond donors (Lipinski definition) is 1. The van der Waals surface area contributed by atoms with Crippen LogP contribution in [0.3, 0.4) is 0 Å². The molecule has 0 aliphatic carbocycles. The van der Waals surface area contributed by atoms with Crippen molar-refractivity contribution in [1.82, 2.24) is 4.98 Å². The number of aromatic nitrogens is 1. The second-order valence-corrected chi connectivity index (χ2v) is 4.54. The molecule has 0 amide bonds. The molecule has 1 heterocycles. The van der Waals surface area contributed by atoms with E-state index in [0.717, 1.165) is 5.56 Å². The molecule has 1 aromatic carbocycles. The van der Waals surface area contributed by atoms with Crippen molar-refractivity contribution in [3.63, 3.8) is 0 Å². The highest BCUT2D eigenvalue weighted by Crippen LogP contribution is 2.30. The second kappa shape index (κ2) is 5.93. The zero-order valence-corrected chi connectivity index (χ0v) is 11.2. The van der Waals surface area contributed by atoms with Gasteiger partial charge in [0, 0.05) is 17.8 Å². The van der Waals surface area contributed by atoms with Crippen LogP contribution in [-0.2, 0) is 6.42 Å². The Morgan fingerprint density at radius 1 is 1.33 bits per heavy atom. The largest absolute Gasteiger partial charge is 0.437 e. The molecule has 0 bridgehead atoms. The fourth-order valence-electron chi connectivity index (χ4n) is 1.52. The number of halogens is 2. The van der Waals surface area contributed by atoms with Crippen LogP contribution in [0.4, 0.5) is 4.39 Å². The maximum absolute atomic E-state index is 13.2. The Balaban J connectivity index is 2.30. The lowest BCUT2D eigenvalue weighted by Crippen LogP contribution is -2.05. The highest BCUT2D eigenvalue weighted by atomic mass is 79.9. The first-order chi connectivity index (χ1) is 8.70. The lowest BCUT2D eigenvalue weighted by molar-refractivity contribution is 0.449. The molecule has 0 saturated carbocycles. The molecule has 0 aliphatic heterocycles. The second-order valence-electron chi connectivity index (χ2n) is 3.68. The Bertz CT molecular complexity index is 548. The number of ether oxygens (including phenoxy) is 1. The van der Waals surface area contributed by atoms with Crippen molar-refractivity contribution in [2.75, 3.05) is 6.54 Å². The third-order valence-corrected chi connectivity index (χ3v) is 3.02. The van der Waals surface area contributed by atoms with Gasteiger partial charge >= 0.3 is 0 Å². The Labute approximate surface area is 113 Å². The van der Waals surface area contributed by atoms with Gasteiger partial charge < -0.3 is 10.5 Å². The van der Waals surface area contributed by atoms with E-state index in [1.54, 1.807) is 12.3 Å². The number of nitrogens with zero attached hydrogens (tertiary/aromatic N) is 1. The molecule has 5 heteroatoms. The summed E-state index contributed by atoms with van der Waals surface area (Å²) in [5, 5.41) is 0. The average Bonchev–Trinajstić information content (AvgIpc) is 2.36. The maximum atomic E-state index is 13.2. The van der Waals surface area contributed by atoms with Gasteiger partial charge in [0.25, 0.3) is 0 Å². The first-order valence-corrected chi connectivity index (χ1v) is 6.27. The number of rotatable bonds is 4. The Kier molecular flexibility index (Phi) is 4.28. The number of pyridine rings is 1. The molecule has 18 heavy (non-hydrogen) atoms. The van der Waals surface area contributed by atoms with Crippen molar-refractivity contribution in [3.05, 3.63) is 52.4 Å². The van der Waals surface area contributed by atoms with Crippen LogP contribution in [0.15, 0.2) is 41.0 Å². The number of hydrogen-bond acceptors (Lipinski definition) is 3. The standard InChI is InChI=1S/C13H12BrFN2O/c14-11-4-3-10(15)8-12(11)18-13-9(5-6-16)2-1-7-17-13/h1-4,7-8H,5-6,16H2. The predicted molar refractivity (Wildman–Crippen MR) is 71.2 cm³/mol. The minimum absolute atomic E-state index is 0.357. The average molecular weight is 311 g/mol. The van der Waals surface area contributed by atoms with Crippen LogP contribution in [0.5, 0.6) is 11.6 Å². The van der Waals surface area contributed by atoms with Gasteiger partial charge in [-0.1, -0.05) is 6.07 Å². The molecule has 0 atom stereocenters. The first-order valence-electron chi connectivity index (χ1n) is 5.47. The van der Waals surface area contributed by atoms with E-state index in [9.17, 15) is 4.39 Å². The van der Waals surface area contributed by atoms with Crippen LogP contribution in [-0.4, -0.2) is 11.5 Å². The van der Waals surface area contributed by atoms with Crippen molar-refractivity contribution in [1.29, 1.82) is 0 Å². The fraction of sp³-hybridized carbons (Fsp3) is 0.154. The van der Waals surface area contributed by atoms with Gasteiger partial charge in [-0.15, -0.1) is 0 Å². The van der Waals surface area contributed by atoms with Crippen LogP contribution in [0.2, 0.25) is 0 Å². The molecule has 0 aliphatic rings. The lowest BCUT2D eigenvalue weighted by atomic mass is 10.2. The summed E-state index contributed by atoms with van der Waals surface area (Å²) < 4.78 is 19.5. The van der Waals surface area contributed by atoms with Crippen LogP contribution in [0.1, 0.15) is 5.56 Å². The van der Waals surface area contributed by atoms with Crippen molar-refractivity contribution < 1.29 is 9.13 Å². The van der Waals surface area contributed by atoms with Crippen molar-refractivity contribution >= 4 is 15.9 Å². The van der Waals surface area contributed by atoms with E-state index >= 15 is 0 Å². The first kappa shape index (κ1) is 13.0. The molecule has 94 valence electrons. The molecule has 2 N–H and O–H groups in total. The molecule has 2 rings (SSSR count). The van der Waals surface area contributed by atoms with Gasteiger partial charge in [0.05, 0.1) is 4.47 Å². The smallest absolute Gasteiger partial charge is 0.222 e. The third kappa shape index (κ3) is 3.05. The summed E-state index contributed by atoms with van der Waals surface area (Å²) in [5.41, 5.74) is 6.42. The molecule has 0 spiro atoms. The molecule has 0 unspecified atom stereocenters. The highest BCUT2D eigenvalue weighted by molar-refractivity contribution is 9.10. The summed E-state index contributed by atoms with van der Waals surface area (Å²) >= 11 is 3.31. The van der Waals surface area contributed by atoms with Crippen LogP contribution in [0.25, 0.3) is 0 Å². The van der Waals surface area contributed by atoms with Crippen molar-refractivity contribution in [2.24, 2.45) is 5.73 Å². The Morgan fingerprint density at radius 3 is 2.94 bits per heavy atom. The summed E-state index contributed by atoms with van der Waals surface area (Å²) in [6.45, 7) is 0.506. The van der Waals surface area contributed by atoms with Crippen LogP contribution in [0, 0.1) is 5.82 Å². The van der Waals surface area contributed by atoms with E-state index < -0.39 is 0 Å². The molecule has 0 fully saturated rings. The van der Waals surface area contributed by atoms with E-state index in [4.69, 9.17) is 10.5 Å². The van der Waals surface area contributed by atoms with E-state index in [2.05, 4.69) is 20.9 Å². The van der Waals surface area contributed by atoms with Gasteiger partial charge in [0.2, 0.25) is 5.88 Å². The summed E-state index contributed by atoms with van der Waals surface area (Å²) in [6.07, 6.45) is 2.29. The van der Waals surface area contributed by atoms with Gasteiger partial charge in [-0.2, -0.15) is 0 Å². The highest BCUT2D eigenvalue weighted by Gasteiger charge is 2.09. The Hall–Kier alpha value is -1.46. The van der Waals surface area contributed by atoms with Gasteiger partial charge in [-0.05, 0) is 47.1 Å². The minimum atomic E-state index is -0.357. The summed E-state index contributed by atoms with van der Waals surface area (Å²) in [7, 11) is 0. The fourth-order valence-corrected chi connectivity index (χ4v) is 1.85. The SMILES string of the molecule is NCCc1cccnc1Oc1cc(F)ccc1Br. The van der Waals surface area contributed by atoms with Gasteiger partial charge in [0.15, 0.2) is 0 Å². The number of nitrogens with two attached hydrogens (primary N) is 1. The molecule has 3 nitrogen and oxygen atoms in total. The summed E-state index contributed by atoms with van der Waals surface area (Å²) in [5.74, 6) is 0.491. The summed E-state index contributed by atoms with van der Waals surface area (Å²) in [4.78, 5) is 4.14. The van der Waals surface area contributed by atoms with E-state index in [-0.39, 0.29) is 5.82 Å². The van der Waals surface area contributed by atoms with E-state index in [1.165, 1.54) is 12.1 Å². The predicted octanol–water partition coefficient (Wildman–Crippen LogP) is 3.28. The van der Waals surface area contributed by atoms with Gasteiger partial charge in [0.1, 0.15) is 11.6 Å². The molecule has 0 radical (unpaired) electrons. The third-order valence-electron chi connectivity index (χ3n) is 2.36. The number of benzene rings is 1. The van der Waals surface area contributed by atoms with Crippen LogP contribution < -0.4 is 10.5 Å². The zero-order chi connectivity index (χ0) is 13.0. The van der Waals surface area contributed by atoms with E-state index in [1.807, 2.05) is 12.1 Å². The zero-order valence-electron chi connectivity index (χ0n) is 9.57. The van der Waals surface area contributed by atoms with Gasteiger partial charge in [-0.3, -0.25) is 0 Å². The minimum Gasteiger partial charge on any atom is -0.437 e. The molecule has 0 saturated heterocycles. The maximum Gasteiger partial charge on any atom is 0.222 e. The molecule has 2 aromatic rings. The summed E-state index contributed by atoms with van der Waals surface area (Å²) in [6, 6.07) is 7.97. The normalized spacial score (nSPS) is 10.4. The molecular formula is C13H12BrFN2O.